The molecule has 0 fully saturated rings. The van der Waals surface area contributed by atoms with Gasteiger partial charge in [-0.25, -0.2) is 0 Å². The number of rotatable bonds is 2. The number of nitrogens with zero attached hydrogens (tertiary/aromatic N) is 2. The summed E-state index contributed by atoms with van der Waals surface area (Å²) in [6.07, 6.45) is 0. The minimum absolute atomic E-state index is 0.632. The number of nitriles is 1. The predicted molar refractivity (Wildman–Crippen MR) is 171 cm³/mol. The number of hydrogen-bond donors (Lipinski definition) is 0. The summed E-state index contributed by atoms with van der Waals surface area (Å²) in [5, 5.41) is 17.0. The maximum atomic E-state index is 9.92. The SMILES string of the molecule is N#Cc1ccc(-n2c3ccccc3c3ccc4sc5ccccc5c4c32)c(-c2ccc3oc4ccccc4c3c2)c1. The molecule has 190 valence electrons. The molecule has 3 heterocycles. The molecule has 41 heavy (non-hydrogen) atoms. The molecule has 0 amide bonds. The first-order chi connectivity index (χ1) is 20.3. The third kappa shape index (κ3) is 3.12. The number of benzene rings is 6. The topological polar surface area (TPSA) is 41.9 Å². The summed E-state index contributed by atoms with van der Waals surface area (Å²) in [6, 6.07) is 44.7. The molecule has 3 nitrogen and oxygen atoms in total. The molecule has 6 aromatic carbocycles. The molecule has 0 bridgehead atoms. The van der Waals surface area contributed by atoms with Gasteiger partial charge < -0.3 is 8.98 Å². The van der Waals surface area contributed by atoms with E-state index in [1.807, 2.05) is 47.7 Å². The lowest BCUT2D eigenvalue weighted by Gasteiger charge is -2.15. The molecule has 4 heteroatoms. The molecule has 0 unspecified atom stereocenters. The fourth-order valence-corrected chi connectivity index (χ4v) is 7.55. The Bertz CT molecular complexity index is 2560. The molecule has 3 aromatic heterocycles. The Morgan fingerprint density at radius 1 is 0.610 bits per heavy atom. The molecule has 0 aliphatic rings. The fourth-order valence-electron chi connectivity index (χ4n) is 6.44. The zero-order valence-corrected chi connectivity index (χ0v) is 22.6. The van der Waals surface area contributed by atoms with Crippen LogP contribution >= 0.6 is 11.3 Å². The zero-order valence-electron chi connectivity index (χ0n) is 21.8. The number of furan rings is 1. The van der Waals surface area contributed by atoms with Gasteiger partial charge in [-0.1, -0.05) is 66.7 Å². The van der Waals surface area contributed by atoms with Crippen LogP contribution in [0.1, 0.15) is 5.56 Å². The largest absolute Gasteiger partial charge is 0.456 e. The average Bonchev–Trinajstić information content (AvgIpc) is 3.69. The maximum Gasteiger partial charge on any atom is 0.135 e. The first-order valence-corrected chi connectivity index (χ1v) is 14.4. The van der Waals surface area contributed by atoms with Crippen molar-refractivity contribution >= 4 is 75.3 Å². The highest BCUT2D eigenvalue weighted by molar-refractivity contribution is 7.26. The maximum absolute atomic E-state index is 9.92. The van der Waals surface area contributed by atoms with E-state index in [0.717, 1.165) is 44.3 Å². The van der Waals surface area contributed by atoms with Crippen LogP contribution in [-0.2, 0) is 0 Å². The van der Waals surface area contributed by atoms with Crippen LogP contribution in [0.4, 0.5) is 0 Å². The van der Waals surface area contributed by atoms with E-state index in [9.17, 15) is 5.26 Å². The first-order valence-electron chi connectivity index (χ1n) is 13.6. The van der Waals surface area contributed by atoms with E-state index in [1.165, 1.54) is 36.5 Å². The van der Waals surface area contributed by atoms with Gasteiger partial charge >= 0.3 is 0 Å². The quantitative estimate of drug-likeness (QED) is 0.219. The summed E-state index contributed by atoms with van der Waals surface area (Å²) in [5.74, 6) is 0. The number of aromatic nitrogens is 1. The Kier molecular flexibility index (Phi) is 4.55. The van der Waals surface area contributed by atoms with Gasteiger partial charge in [0.2, 0.25) is 0 Å². The molecule has 0 saturated heterocycles. The molecule has 0 radical (unpaired) electrons. The standard InChI is InChI=1S/C37H20N2OS/c38-21-22-13-16-31(28(19-22)23-14-17-33-29(20-23)25-8-2-5-11-32(25)40-33)39-30-10-4-1-7-24(30)26-15-18-35-36(37(26)39)27-9-3-6-12-34(27)41-35/h1-20H. The van der Waals surface area contributed by atoms with Crippen LogP contribution < -0.4 is 0 Å². The summed E-state index contributed by atoms with van der Waals surface area (Å²) >= 11 is 1.83. The second-order valence-corrected chi connectivity index (χ2v) is 11.5. The average molecular weight is 541 g/mol. The molecule has 0 atom stereocenters. The summed E-state index contributed by atoms with van der Waals surface area (Å²) in [4.78, 5) is 0. The molecule has 9 aromatic rings. The molecular weight excluding hydrogens is 520 g/mol. The van der Waals surface area contributed by atoms with E-state index < -0.39 is 0 Å². The lowest BCUT2D eigenvalue weighted by atomic mass is 9.98. The van der Waals surface area contributed by atoms with Gasteiger partial charge in [0.1, 0.15) is 11.2 Å². The van der Waals surface area contributed by atoms with E-state index in [2.05, 4.69) is 95.6 Å². The molecule has 9 rings (SSSR count). The van der Waals surface area contributed by atoms with Crippen LogP contribution in [0.2, 0.25) is 0 Å². The monoisotopic (exact) mass is 540 g/mol. The predicted octanol–water partition coefficient (Wildman–Crippen LogP) is 10.6. The van der Waals surface area contributed by atoms with Gasteiger partial charge in [0, 0.05) is 47.3 Å². The van der Waals surface area contributed by atoms with Crippen LogP contribution in [0, 0.1) is 11.3 Å². The van der Waals surface area contributed by atoms with Gasteiger partial charge in [-0.2, -0.15) is 5.26 Å². The molecule has 0 N–H and O–H groups in total. The number of hydrogen-bond acceptors (Lipinski definition) is 3. The van der Waals surface area contributed by atoms with Crippen molar-refractivity contribution in [3.63, 3.8) is 0 Å². The van der Waals surface area contributed by atoms with Crippen molar-refractivity contribution in [1.82, 2.24) is 4.57 Å². The number of para-hydroxylation sites is 2. The van der Waals surface area contributed by atoms with E-state index in [0.29, 0.717) is 5.56 Å². The van der Waals surface area contributed by atoms with E-state index in [4.69, 9.17) is 4.42 Å². The normalized spacial score (nSPS) is 11.9. The molecule has 0 aliphatic heterocycles. The summed E-state index contributed by atoms with van der Waals surface area (Å²) in [6.45, 7) is 0. The lowest BCUT2D eigenvalue weighted by molar-refractivity contribution is 0.669. The van der Waals surface area contributed by atoms with Crippen molar-refractivity contribution in [3.05, 3.63) is 127 Å². The second kappa shape index (κ2) is 8.32. The van der Waals surface area contributed by atoms with Crippen molar-refractivity contribution in [3.8, 4) is 22.9 Å². The highest BCUT2D eigenvalue weighted by Crippen LogP contribution is 2.44. The lowest BCUT2D eigenvalue weighted by Crippen LogP contribution is -1.98. The van der Waals surface area contributed by atoms with Crippen molar-refractivity contribution in [2.45, 2.75) is 0 Å². The van der Waals surface area contributed by atoms with E-state index >= 15 is 0 Å². The zero-order chi connectivity index (χ0) is 27.1. The van der Waals surface area contributed by atoms with Crippen molar-refractivity contribution in [2.75, 3.05) is 0 Å². The number of thiophene rings is 1. The van der Waals surface area contributed by atoms with Gasteiger partial charge in [0.25, 0.3) is 0 Å². The Morgan fingerprint density at radius 3 is 2.29 bits per heavy atom. The minimum atomic E-state index is 0.632. The molecular formula is C37H20N2OS. The smallest absolute Gasteiger partial charge is 0.135 e. The van der Waals surface area contributed by atoms with Crippen molar-refractivity contribution in [2.24, 2.45) is 0 Å². The molecule has 0 saturated carbocycles. The second-order valence-electron chi connectivity index (χ2n) is 10.4. The van der Waals surface area contributed by atoms with Gasteiger partial charge in [0.05, 0.1) is 28.4 Å². The van der Waals surface area contributed by atoms with Crippen LogP contribution in [0.5, 0.6) is 0 Å². The highest BCUT2D eigenvalue weighted by atomic mass is 32.1. The molecule has 0 aliphatic carbocycles. The third-order valence-electron chi connectivity index (χ3n) is 8.23. The van der Waals surface area contributed by atoms with Gasteiger partial charge in [-0.3, -0.25) is 0 Å². The Morgan fingerprint density at radius 2 is 1.39 bits per heavy atom. The first kappa shape index (κ1) is 22.4. The Balaban J connectivity index is 1.44. The highest BCUT2D eigenvalue weighted by Gasteiger charge is 2.20. The van der Waals surface area contributed by atoms with Crippen LogP contribution in [0.3, 0.4) is 0 Å². The Labute approximate surface area is 238 Å². The van der Waals surface area contributed by atoms with E-state index in [1.54, 1.807) is 0 Å². The summed E-state index contributed by atoms with van der Waals surface area (Å²) in [5.41, 5.74) is 7.81. The van der Waals surface area contributed by atoms with Crippen LogP contribution in [0.25, 0.3) is 80.7 Å². The van der Waals surface area contributed by atoms with Gasteiger partial charge in [0.15, 0.2) is 0 Å². The minimum Gasteiger partial charge on any atom is -0.456 e. The van der Waals surface area contributed by atoms with Crippen molar-refractivity contribution in [1.29, 1.82) is 5.26 Å². The van der Waals surface area contributed by atoms with Crippen LogP contribution in [0.15, 0.2) is 126 Å². The van der Waals surface area contributed by atoms with Crippen LogP contribution in [-0.4, -0.2) is 4.57 Å². The Hall–Kier alpha value is -5.37. The fraction of sp³-hybridized carbons (Fsp3) is 0. The summed E-state index contributed by atoms with van der Waals surface area (Å²) < 4.78 is 11.1. The van der Waals surface area contributed by atoms with Crippen molar-refractivity contribution < 1.29 is 4.42 Å². The summed E-state index contributed by atoms with van der Waals surface area (Å²) in [7, 11) is 0. The van der Waals surface area contributed by atoms with Gasteiger partial charge in [-0.05, 0) is 60.2 Å². The number of fused-ring (bicyclic) bond motifs is 10. The molecule has 0 spiro atoms. The van der Waals surface area contributed by atoms with E-state index in [-0.39, 0.29) is 0 Å². The third-order valence-corrected chi connectivity index (χ3v) is 9.37. The van der Waals surface area contributed by atoms with Gasteiger partial charge in [-0.15, -0.1) is 11.3 Å².